The SMILES string of the molecule is CC(C)OCC(=O)C(N)C(C)C. The van der Waals surface area contributed by atoms with Gasteiger partial charge in [-0.25, -0.2) is 0 Å². The molecular weight excluding hydrogens is 154 g/mol. The number of hydrogen-bond donors (Lipinski definition) is 1. The summed E-state index contributed by atoms with van der Waals surface area (Å²) in [7, 11) is 0. The molecule has 0 aliphatic heterocycles. The van der Waals surface area contributed by atoms with Crippen LogP contribution in [-0.4, -0.2) is 24.5 Å². The van der Waals surface area contributed by atoms with Crippen LogP contribution in [0.3, 0.4) is 0 Å². The molecule has 72 valence electrons. The van der Waals surface area contributed by atoms with E-state index in [1.54, 1.807) is 0 Å². The number of rotatable bonds is 5. The fraction of sp³-hybridized carbons (Fsp3) is 0.889. The highest BCUT2D eigenvalue weighted by Gasteiger charge is 2.17. The molecule has 0 aromatic rings. The van der Waals surface area contributed by atoms with E-state index in [1.165, 1.54) is 0 Å². The molecule has 0 rings (SSSR count). The Bertz CT molecular complexity index is 143. The lowest BCUT2D eigenvalue weighted by molar-refractivity contribution is -0.127. The third-order valence-electron chi connectivity index (χ3n) is 1.65. The number of carbonyl (C=O) groups is 1. The molecule has 3 nitrogen and oxygen atoms in total. The van der Waals surface area contributed by atoms with Crippen LogP contribution >= 0.6 is 0 Å². The maximum absolute atomic E-state index is 11.2. The maximum atomic E-state index is 11.2. The first-order chi connectivity index (χ1) is 5.45. The molecule has 0 saturated heterocycles. The number of carbonyl (C=O) groups excluding carboxylic acids is 1. The van der Waals surface area contributed by atoms with Crippen LogP contribution in [-0.2, 0) is 9.53 Å². The summed E-state index contributed by atoms with van der Waals surface area (Å²) in [5, 5.41) is 0. The summed E-state index contributed by atoms with van der Waals surface area (Å²) in [5.41, 5.74) is 5.62. The van der Waals surface area contributed by atoms with Gasteiger partial charge in [0.2, 0.25) is 0 Å². The molecule has 0 radical (unpaired) electrons. The van der Waals surface area contributed by atoms with Gasteiger partial charge in [-0.3, -0.25) is 4.79 Å². The van der Waals surface area contributed by atoms with Crippen molar-refractivity contribution in [2.24, 2.45) is 11.7 Å². The summed E-state index contributed by atoms with van der Waals surface area (Å²) in [5.74, 6) is 0.173. The topological polar surface area (TPSA) is 52.3 Å². The minimum absolute atomic E-state index is 0.0151. The highest BCUT2D eigenvalue weighted by atomic mass is 16.5. The van der Waals surface area contributed by atoms with Crippen LogP contribution in [0.25, 0.3) is 0 Å². The molecule has 1 atom stereocenters. The average Bonchev–Trinajstić information content (AvgIpc) is 1.98. The smallest absolute Gasteiger partial charge is 0.175 e. The largest absolute Gasteiger partial charge is 0.371 e. The van der Waals surface area contributed by atoms with E-state index in [1.807, 2.05) is 27.7 Å². The van der Waals surface area contributed by atoms with Crippen LogP contribution in [0, 0.1) is 5.92 Å². The number of ketones is 1. The van der Waals surface area contributed by atoms with E-state index < -0.39 is 0 Å². The van der Waals surface area contributed by atoms with E-state index in [0.29, 0.717) is 0 Å². The molecule has 0 saturated carbocycles. The van der Waals surface area contributed by atoms with Gasteiger partial charge >= 0.3 is 0 Å². The third kappa shape index (κ3) is 4.46. The summed E-state index contributed by atoms with van der Waals surface area (Å²) in [6.45, 7) is 7.79. The molecule has 12 heavy (non-hydrogen) atoms. The Morgan fingerprint density at radius 3 is 2.17 bits per heavy atom. The fourth-order valence-electron chi connectivity index (χ4n) is 0.717. The van der Waals surface area contributed by atoms with Crippen LogP contribution in [0.1, 0.15) is 27.7 Å². The normalized spacial score (nSPS) is 13.9. The highest BCUT2D eigenvalue weighted by molar-refractivity contribution is 5.85. The van der Waals surface area contributed by atoms with Crippen molar-refractivity contribution in [3.63, 3.8) is 0 Å². The van der Waals surface area contributed by atoms with Crippen molar-refractivity contribution in [3.05, 3.63) is 0 Å². The molecule has 1 unspecified atom stereocenters. The first kappa shape index (κ1) is 11.6. The van der Waals surface area contributed by atoms with Crippen molar-refractivity contribution in [1.82, 2.24) is 0 Å². The van der Waals surface area contributed by atoms with Gasteiger partial charge in [-0.15, -0.1) is 0 Å². The van der Waals surface area contributed by atoms with Crippen molar-refractivity contribution in [1.29, 1.82) is 0 Å². The van der Waals surface area contributed by atoms with Gasteiger partial charge in [-0.05, 0) is 19.8 Å². The zero-order valence-corrected chi connectivity index (χ0v) is 8.33. The summed E-state index contributed by atoms with van der Waals surface area (Å²) in [6.07, 6.45) is 0.0910. The van der Waals surface area contributed by atoms with Crippen LogP contribution in [0.4, 0.5) is 0 Å². The number of nitrogens with two attached hydrogens (primary N) is 1. The first-order valence-electron chi connectivity index (χ1n) is 4.35. The van der Waals surface area contributed by atoms with Gasteiger partial charge in [-0.1, -0.05) is 13.8 Å². The Morgan fingerprint density at radius 1 is 1.33 bits per heavy atom. The van der Waals surface area contributed by atoms with Gasteiger partial charge in [-0.2, -0.15) is 0 Å². The van der Waals surface area contributed by atoms with Crippen molar-refractivity contribution in [3.8, 4) is 0 Å². The van der Waals surface area contributed by atoms with Gasteiger partial charge in [0.1, 0.15) is 6.61 Å². The third-order valence-corrected chi connectivity index (χ3v) is 1.65. The summed E-state index contributed by atoms with van der Waals surface area (Å²) >= 11 is 0. The predicted octanol–water partition coefficient (Wildman–Crippen LogP) is 0.964. The first-order valence-corrected chi connectivity index (χ1v) is 4.35. The zero-order chi connectivity index (χ0) is 9.72. The van der Waals surface area contributed by atoms with E-state index in [4.69, 9.17) is 10.5 Å². The Morgan fingerprint density at radius 2 is 1.83 bits per heavy atom. The van der Waals surface area contributed by atoms with E-state index in [0.717, 1.165) is 0 Å². The molecule has 0 aliphatic rings. The summed E-state index contributed by atoms with van der Waals surface area (Å²) in [6, 6.07) is -0.385. The van der Waals surface area contributed by atoms with Gasteiger partial charge in [0.25, 0.3) is 0 Å². The van der Waals surface area contributed by atoms with E-state index in [-0.39, 0.29) is 30.5 Å². The van der Waals surface area contributed by atoms with Crippen molar-refractivity contribution in [2.45, 2.75) is 39.8 Å². The molecule has 0 heterocycles. The average molecular weight is 173 g/mol. The van der Waals surface area contributed by atoms with Crippen molar-refractivity contribution < 1.29 is 9.53 Å². The summed E-state index contributed by atoms with van der Waals surface area (Å²) < 4.78 is 5.15. The monoisotopic (exact) mass is 173 g/mol. The molecule has 2 N–H and O–H groups in total. The van der Waals surface area contributed by atoms with Gasteiger partial charge in [0.15, 0.2) is 5.78 Å². The van der Waals surface area contributed by atoms with Crippen LogP contribution in [0.15, 0.2) is 0 Å². The minimum atomic E-state index is -0.385. The van der Waals surface area contributed by atoms with Crippen LogP contribution in [0.2, 0.25) is 0 Å². The lowest BCUT2D eigenvalue weighted by Crippen LogP contribution is -2.38. The Kier molecular flexibility index (Phi) is 5.09. The van der Waals surface area contributed by atoms with Gasteiger partial charge in [0, 0.05) is 0 Å². The Hall–Kier alpha value is -0.410. The highest BCUT2D eigenvalue weighted by Crippen LogP contribution is 2.00. The predicted molar refractivity (Wildman–Crippen MR) is 48.9 cm³/mol. The molecule has 0 aromatic carbocycles. The fourth-order valence-corrected chi connectivity index (χ4v) is 0.717. The van der Waals surface area contributed by atoms with Crippen LogP contribution in [0.5, 0.6) is 0 Å². The zero-order valence-electron chi connectivity index (χ0n) is 8.33. The standard InChI is InChI=1S/C9H19NO2/c1-6(2)9(10)8(11)5-12-7(3)4/h6-7,9H,5,10H2,1-4H3. The van der Waals surface area contributed by atoms with Gasteiger partial charge in [0.05, 0.1) is 12.1 Å². The Balaban J connectivity index is 3.72. The molecule has 0 fully saturated rings. The van der Waals surface area contributed by atoms with Gasteiger partial charge < -0.3 is 10.5 Å². The summed E-state index contributed by atoms with van der Waals surface area (Å²) in [4.78, 5) is 11.2. The second-order valence-electron chi connectivity index (χ2n) is 3.60. The molecule has 0 spiro atoms. The van der Waals surface area contributed by atoms with E-state index in [9.17, 15) is 4.79 Å². The minimum Gasteiger partial charge on any atom is -0.371 e. The quantitative estimate of drug-likeness (QED) is 0.673. The molecule has 0 aromatic heterocycles. The molecule has 3 heteroatoms. The number of ether oxygens (including phenoxy) is 1. The molecule has 0 aliphatic carbocycles. The lowest BCUT2D eigenvalue weighted by atomic mass is 10.0. The van der Waals surface area contributed by atoms with Crippen molar-refractivity contribution in [2.75, 3.05) is 6.61 Å². The maximum Gasteiger partial charge on any atom is 0.175 e. The lowest BCUT2D eigenvalue weighted by Gasteiger charge is -2.15. The number of Topliss-reactive ketones (excluding diaryl/α,β-unsaturated/α-hetero) is 1. The Labute approximate surface area is 74.3 Å². The van der Waals surface area contributed by atoms with Crippen molar-refractivity contribution >= 4 is 5.78 Å². The molecule has 0 bridgehead atoms. The number of hydrogen-bond acceptors (Lipinski definition) is 3. The second-order valence-corrected chi connectivity index (χ2v) is 3.60. The second kappa shape index (κ2) is 5.27. The van der Waals surface area contributed by atoms with E-state index >= 15 is 0 Å². The molecule has 0 amide bonds. The molecular formula is C9H19NO2. The van der Waals surface area contributed by atoms with Crippen LogP contribution < -0.4 is 5.73 Å². The van der Waals surface area contributed by atoms with E-state index in [2.05, 4.69) is 0 Å².